The lowest BCUT2D eigenvalue weighted by molar-refractivity contribution is -0.298. The van der Waals surface area contributed by atoms with Gasteiger partial charge in [0.2, 0.25) is 5.79 Å². The zero-order chi connectivity index (χ0) is 24.4. The average Bonchev–Trinajstić information content (AvgIpc) is 2.73. The largest absolute Gasteiger partial charge is 0.394 e. The third kappa shape index (κ3) is 5.51. The van der Waals surface area contributed by atoms with E-state index in [2.05, 4.69) is 11.9 Å². The third-order valence-corrected chi connectivity index (χ3v) is 7.04. The van der Waals surface area contributed by atoms with Gasteiger partial charge in [0.15, 0.2) is 12.3 Å². The number of rotatable bonds is 8. The summed E-state index contributed by atoms with van der Waals surface area (Å²) in [4.78, 5) is 12.8. The molecule has 0 aromatic carbocycles. The molecular weight excluding hydrogens is 422 g/mol. The SMILES string of the molecule is C=C1CC(OC)(C(O)C(=O)NC(O)C2CC(O)C(C)(C)C(CC(O)CO)O2)OC(C)C1C. The minimum Gasteiger partial charge on any atom is -0.394 e. The highest BCUT2D eigenvalue weighted by Crippen LogP contribution is 2.40. The second-order valence-electron chi connectivity index (χ2n) is 9.63. The lowest BCUT2D eigenvalue weighted by atomic mass is 9.74. The molecule has 2 fully saturated rings. The van der Waals surface area contributed by atoms with Crippen molar-refractivity contribution in [1.29, 1.82) is 0 Å². The molecular formula is C22H39NO9. The summed E-state index contributed by atoms with van der Waals surface area (Å²) in [5.41, 5.74) is 0.0170. The van der Waals surface area contributed by atoms with Gasteiger partial charge in [-0.3, -0.25) is 4.79 Å². The number of methoxy groups -OCH3 is 1. The number of nitrogens with one attached hydrogen (secondary N) is 1. The van der Waals surface area contributed by atoms with E-state index in [1.165, 1.54) is 7.11 Å². The van der Waals surface area contributed by atoms with Crippen molar-refractivity contribution in [2.75, 3.05) is 13.7 Å². The van der Waals surface area contributed by atoms with Crippen LogP contribution in [0.25, 0.3) is 0 Å². The van der Waals surface area contributed by atoms with Crippen molar-refractivity contribution in [3.63, 3.8) is 0 Å². The van der Waals surface area contributed by atoms with E-state index in [4.69, 9.17) is 19.3 Å². The molecule has 2 rings (SSSR count). The molecule has 2 heterocycles. The van der Waals surface area contributed by atoms with Gasteiger partial charge in [-0.25, -0.2) is 0 Å². The van der Waals surface area contributed by atoms with Crippen LogP contribution in [0, 0.1) is 11.3 Å². The van der Waals surface area contributed by atoms with Gasteiger partial charge in [-0.05, 0) is 6.92 Å². The molecule has 0 aliphatic carbocycles. The Morgan fingerprint density at radius 1 is 1.31 bits per heavy atom. The number of aliphatic hydroxyl groups is 5. The predicted octanol–water partition coefficient (Wildman–Crippen LogP) is -0.586. The number of carbonyl (C=O) groups is 1. The summed E-state index contributed by atoms with van der Waals surface area (Å²) >= 11 is 0. The van der Waals surface area contributed by atoms with Crippen molar-refractivity contribution < 1.29 is 44.5 Å². The number of ether oxygens (including phenoxy) is 3. The van der Waals surface area contributed by atoms with Crippen LogP contribution in [-0.4, -0.2) is 93.8 Å². The first-order valence-corrected chi connectivity index (χ1v) is 11.0. The summed E-state index contributed by atoms with van der Waals surface area (Å²) in [5, 5.41) is 53.2. The van der Waals surface area contributed by atoms with Crippen molar-refractivity contribution >= 4 is 5.91 Å². The molecule has 0 aromatic heterocycles. The molecule has 2 saturated heterocycles. The van der Waals surface area contributed by atoms with E-state index >= 15 is 0 Å². The van der Waals surface area contributed by atoms with Gasteiger partial charge in [-0.2, -0.15) is 0 Å². The number of aliphatic hydroxyl groups excluding tert-OH is 5. The molecule has 32 heavy (non-hydrogen) atoms. The standard InChI is InChI=1S/C22H39NO9/c1-11-9-22(30-6,32-13(3)12(11)2)18(27)20(29)23-19(28)15-8-16(26)21(4,5)17(31-15)7-14(25)10-24/h12-19,24-28H,1,7-10H2,2-6H3,(H,23,29). The first kappa shape index (κ1) is 27.1. The van der Waals surface area contributed by atoms with E-state index in [1.807, 2.05) is 6.92 Å². The molecule has 9 unspecified atom stereocenters. The van der Waals surface area contributed by atoms with Gasteiger partial charge in [0, 0.05) is 37.7 Å². The molecule has 2 aliphatic rings. The number of carbonyl (C=O) groups excluding carboxylic acids is 1. The first-order valence-electron chi connectivity index (χ1n) is 11.0. The Morgan fingerprint density at radius 2 is 1.94 bits per heavy atom. The highest BCUT2D eigenvalue weighted by molar-refractivity contribution is 5.82. The first-order chi connectivity index (χ1) is 14.8. The molecule has 0 aromatic rings. The number of amides is 1. The van der Waals surface area contributed by atoms with Crippen LogP contribution in [0.15, 0.2) is 12.2 Å². The molecule has 9 atom stereocenters. The van der Waals surface area contributed by atoms with Crippen LogP contribution in [0.5, 0.6) is 0 Å². The van der Waals surface area contributed by atoms with Gasteiger partial charge in [0.05, 0.1) is 31.0 Å². The van der Waals surface area contributed by atoms with Crippen LogP contribution in [0.1, 0.15) is 47.0 Å². The minimum atomic E-state index is -1.76. The quantitative estimate of drug-likeness (QED) is 0.205. The van der Waals surface area contributed by atoms with E-state index < -0.39 is 60.5 Å². The summed E-state index contributed by atoms with van der Waals surface area (Å²) in [6.45, 7) is 10.8. The molecule has 1 amide bonds. The normalized spacial score (nSPS) is 38.1. The van der Waals surface area contributed by atoms with E-state index in [9.17, 15) is 25.2 Å². The van der Waals surface area contributed by atoms with E-state index in [0.29, 0.717) is 0 Å². The summed E-state index contributed by atoms with van der Waals surface area (Å²) in [5.74, 6) is -2.55. The Labute approximate surface area is 189 Å². The van der Waals surface area contributed by atoms with Crippen LogP contribution in [0.2, 0.25) is 0 Å². The molecule has 0 bridgehead atoms. The van der Waals surface area contributed by atoms with E-state index in [-0.39, 0.29) is 31.3 Å². The highest BCUT2D eigenvalue weighted by Gasteiger charge is 2.51. The molecule has 0 radical (unpaired) electrons. The molecule has 186 valence electrons. The van der Waals surface area contributed by atoms with Crippen LogP contribution in [0.3, 0.4) is 0 Å². The van der Waals surface area contributed by atoms with Crippen molar-refractivity contribution in [2.24, 2.45) is 11.3 Å². The van der Waals surface area contributed by atoms with Crippen LogP contribution >= 0.6 is 0 Å². The molecule has 2 aliphatic heterocycles. The van der Waals surface area contributed by atoms with Gasteiger partial charge >= 0.3 is 0 Å². The zero-order valence-corrected chi connectivity index (χ0v) is 19.5. The van der Waals surface area contributed by atoms with Crippen molar-refractivity contribution in [3.8, 4) is 0 Å². The van der Waals surface area contributed by atoms with Crippen molar-refractivity contribution in [2.45, 2.75) is 95.6 Å². The molecule has 10 heteroatoms. The van der Waals surface area contributed by atoms with Gasteiger partial charge in [-0.15, -0.1) is 0 Å². The Kier molecular flexibility index (Phi) is 8.85. The fourth-order valence-electron chi connectivity index (χ4n) is 4.24. The lowest BCUT2D eigenvalue weighted by Gasteiger charge is -2.47. The van der Waals surface area contributed by atoms with Crippen LogP contribution < -0.4 is 5.32 Å². The fourth-order valence-corrected chi connectivity index (χ4v) is 4.24. The van der Waals surface area contributed by atoms with Gasteiger partial charge in [0.1, 0.15) is 6.10 Å². The third-order valence-electron chi connectivity index (χ3n) is 7.04. The maximum atomic E-state index is 12.8. The monoisotopic (exact) mass is 461 g/mol. The average molecular weight is 462 g/mol. The smallest absolute Gasteiger partial charge is 0.256 e. The van der Waals surface area contributed by atoms with Crippen molar-refractivity contribution in [3.05, 3.63) is 12.2 Å². The lowest BCUT2D eigenvalue weighted by Crippen LogP contribution is -2.62. The Balaban J connectivity index is 2.09. The van der Waals surface area contributed by atoms with Gasteiger partial charge in [-0.1, -0.05) is 32.9 Å². The molecule has 10 nitrogen and oxygen atoms in total. The Hall–Kier alpha value is -1.11. The van der Waals surface area contributed by atoms with Crippen LogP contribution in [-0.2, 0) is 19.0 Å². The molecule has 0 spiro atoms. The topological polar surface area (TPSA) is 158 Å². The van der Waals surface area contributed by atoms with Crippen LogP contribution in [0.4, 0.5) is 0 Å². The number of hydrogen-bond donors (Lipinski definition) is 6. The van der Waals surface area contributed by atoms with Gasteiger partial charge in [0.25, 0.3) is 5.91 Å². The second kappa shape index (κ2) is 10.4. The summed E-state index contributed by atoms with van der Waals surface area (Å²) < 4.78 is 17.1. The molecule has 6 N–H and O–H groups in total. The fraction of sp³-hybridized carbons (Fsp3) is 0.864. The maximum Gasteiger partial charge on any atom is 0.256 e. The second-order valence-corrected chi connectivity index (χ2v) is 9.63. The van der Waals surface area contributed by atoms with Gasteiger partial charge < -0.3 is 45.1 Å². The maximum absolute atomic E-state index is 12.8. The summed E-state index contributed by atoms with van der Waals surface area (Å²) in [7, 11) is 1.32. The van der Waals surface area contributed by atoms with E-state index in [0.717, 1.165) is 5.57 Å². The Morgan fingerprint density at radius 3 is 2.47 bits per heavy atom. The van der Waals surface area contributed by atoms with E-state index in [1.54, 1.807) is 20.8 Å². The summed E-state index contributed by atoms with van der Waals surface area (Å²) in [6, 6.07) is 0. The Bertz CT molecular complexity index is 672. The highest BCUT2D eigenvalue weighted by atomic mass is 16.7. The zero-order valence-electron chi connectivity index (χ0n) is 19.5. The van der Waals surface area contributed by atoms with Crippen molar-refractivity contribution in [1.82, 2.24) is 5.32 Å². The molecule has 0 saturated carbocycles. The summed E-state index contributed by atoms with van der Waals surface area (Å²) in [6.07, 6.45) is -7.12. The predicted molar refractivity (Wildman–Crippen MR) is 114 cm³/mol. The minimum absolute atomic E-state index is 0.0193. The number of hydrogen-bond acceptors (Lipinski definition) is 9.